The van der Waals surface area contributed by atoms with Crippen molar-refractivity contribution >= 4 is 5.91 Å². The van der Waals surface area contributed by atoms with Gasteiger partial charge in [-0.25, -0.2) is 0 Å². The molecule has 0 unspecified atom stereocenters. The molecule has 1 aromatic rings. The van der Waals surface area contributed by atoms with Crippen LogP contribution in [0.15, 0.2) is 22.8 Å². The van der Waals surface area contributed by atoms with E-state index in [1.165, 1.54) is 0 Å². The van der Waals surface area contributed by atoms with Crippen molar-refractivity contribution in [3.05, 3.63) is 24.2 Å². The van der Waals surface area contributed by atoms with Gasteiger partial charge >= 0.3 is 0 Å². The summed E-state index contributed by atoms with van der Waals surface area (Å²) >= 11 is 0. The lowest BCUT2D eigenvalue weighted by molar-refractivity contribution is -0.128. The van der Waals surface area contributed by atoms with Crippen molar-refractivity contribution in [2.24, 2.45) is 0 Å². The Morgan fingerprint density at radius 2 is 2.50 bits per heavy atom. The largest absolute Gasteiger partial charge is 0.467 e. The molecular formula is C7H7NO2. The minimum Gasteiger partial charge on any atom is -0.467 e. The number of carbonyl (C=O) groups is 1. The van der Waals surface area contributed by atoms with E-state index in [2.05, 4.69) is 5.32 Å². The Hall–Kier alpha value is -1.25. The van der Waals surface area contributed by atoms with E-state index in [4.69, 9.17) is 4.42 Å². The summed E-state index contributed by atoms with van der Waals surface area (Å²) in [6, 6.07) is 3.81. The van der Waals surface area contributed by atoms with Gasteiger partial charge in [0.1, 0.15) is 5.76 Å². The molecule has 0 spiro atoms. The molecule has 1 fully saturated rings. The molecule has 1 N–H and O–H groups in total. The second-order valence-corrected chi connectivity index (χ2v) is 2.34. The molecule has 0 aliphatic carbocycles. The highest BCUT2D eigenvalue weighted by molar-refractivity contribution is 5.83. The molecular weight excluding hydrogens is 130 g/mol. The van der Waals surface area contributed by atoms with Crippen molar-refractivity contribution < 1.29 is 9.21 Å². The maximum absolute atomic E-state index is 10.5. The number of carbonyl (C=O) groups excluding carboxylic acids is 1. The van der Waals surface area contributed by atoms with Crippen molar-refractivity contribution in [3.8, 4) is 0 Å². The second kappa shape index (κ2) is 1.87. The van der Waals surface area contributed by atoms with Crippen LogP contribution in [0.5, 0.6) is 0 Å². The summed E-state index contributed by atoms with van der Waals surface area (Å²) in [5.74, 6) is 0.945. The van der Waals surface area contributed by atoms with Gasteiger partial charge in [-0.2, -0.15) is 0 Å². The van der Waals surface area contributed by atoms with Crippen molar-refractivity contribution in [1.29, 1.82) is 0 Å². The predicted octanol–water partition coefficient (Wildman–Crippen LogP) is 0.841. The van der Waals surface area contributed by atoms with E-state index in [-0.39, 0.29) is 11.9 Å². The number of hydrogen-bond donors (Lipinski definition) is 1. The molecule has 3 nitrogen and oxygen atoms in total. The Labute approximate surface area is 58.0 Å². The fraction of sp³-hybridized carbons (Fsp3) is 0.286. The first-order valence-electron chi connectivity index (χ1n) is 3.19. The van der Waals surface area contributed by atoms with Crippen LogP contribution in [0, 0.1) is 0 Å². The maximum Gasteiger partial charge on any atom is 0.223 e. The quantitative estimate of drug-likeness (QED) is 0.583. The van der Waals surface area contributed by atoms with Crippen LogP contribution in [0.25, 0.3) is 0 Å². The molecule has 1 aliphatic heterocycles. The van der Waals surface area contributed by atoms with E-state index in [0.717, 1.165) is 5.76 Å². The van der Waals surface area contributed by atoms with E-state index < -0.39 is 0 Å². The third-order valence-corrected chi connectivity index (χ3v) is 1.61. The zero-order valence-electron chi connectivity index (χ0n) is 5.33. The van der Waals surface area contributed by atoms with Gasteiger partial charge in [-0.05, 0) is 12.1 Å². The molecule has 0 bridgehead atoms. The van der Waals surface area contributed by atoms with Gasteiger partial charge in [0, 0.05) is 0 Å². The van der Waals surface area contributed by atoms with E-state index in [0.29, 0.717) is 6.42 Å². The highest BCUT2D eigenvalue weighted by atomic mass is 16.3. The van der Waals surface area contributed by atoms with Crippen molar-refractivity contribution in [3.63, 3.8) is 0 Å². The van der Waals surface area contributed by atoms with Crippen LogP contribution >= 0.6 is 0 Å². The molecule has 10 heavy (non-hydrogen) atoms. The Morgan fingerprint density at radius 3 is 3.00 bits per heavy atom. The average molecular weight is 137 g/mol. The number of nitrogens with one attached hydrogen (secondary N) is 1. The summed E-state index contributed by atoms with van der Waals surface area (Å²) in [5, 5.41) is 2.71. The summed E-state index contributed by atoms with van der Waals surface area (Å²) in [6.07, 6.45) is 2.17. The van der Waals surface area contributed by atoms with Crippen molar-refractivity contribution in [2.75, 3.05) is 0 Å². The topological polar surface area (TPSA) is 42.2 Å². The van der Waals surface area contributed by atoms with Gasteiger partial charge in [0.2, 0.25) is 5.91 Å². The molecule has 0 radical (unpaired) electrons. The van der Waals surface area contributed by atoms with Gasteiger partial charge in [-0.3, -0.25) is 4.79 Å². The van der Waals surface area contributed by atoms with Crippen LogP contribution in [0.3, 0.4) is 0 Å². The van der Waals surface area contributed by atoms with Crippen LogP contribution in [0.4, 0.5) is 0 Å². The summed E-state index contributed by atoms with van der Waals surface area (Å²) in [7, 11) is 0. The van der Waals surface area contributed by atoms with Crippen LogP contribution in [-0.2, 0) is 4.79 Å². The highest BCUT2D eigenvalue weighted by Crippen LogP contribution is 2.23. The van der Waals surface area contributed by atoms with Crippen LogP contribution in [-0.4, -0.2) is 5.91 Å². The molecule has 2 rings (SSSR count). The van der Waals surface area contributed by atoms with Gasteiger partial charge in [-0.1, -0.05) is 0 Å². The van der Waals surface area contributed by atoms with Gasteiger partial charge in [-0.15, -0.1) is 0 Å². The van der Waals surface area contributed by atoms with Crippen LogP contribution < -0.4 is 5.32 Å². The van der Waals surface area contributed by atoms with Gasteiger partial charge < -0.3 is 9.73 Å². The zero-order valence-corrected chi connectivity index (χ0v) is 5.33. The van der Waals surface area contributed by atoms with Crippen molar-refractivity contribution in [1.82, 2.24) is 5.32 Å². The molecule has 1 aliphatic rings. The third kappa shape index (κ3) is 0.708. The van der Waals surface area contributed by atoms with E-state index in [1.807, 2.05) is 12.1 Å². The molecule has 0 aromatic carbocycles. The predicted molar refractivity (Wildman–Crippen MR) is 34.2 cm³/mol. The number of amides is 1. The number of β-lactam (4-membered cyclic amide) rings is 1. The Kier molecular flexibility index (Phi) is 1.03. The lowest BCUT2D eigenvalue weighted by atomic mass is 10.0. The first-order chi connectivity index (χ1) is 4.86. The first-order valence-corrected chi connectivity index (χ1v) is 3.19. The van der Waals surface area contributed by atoms with Gasteiger partial charge in [0.05, 0.1) is 18.7 Å². The Morgan fingerprint density at radius 1 is 1.70 bits per heavy atom. The normalized spacial score (nSPS) is 23.6. The van der Waals surface area contributed by atoms with Crippen LogP contribution in [0.1, 0.15) is 18.2 Å². The standard InChI is InChI=1S/C7H7NO2/c9-7-4-5(8-7)6-2-1-3-10-6/h1-3,5H,4H2,(H,8,9)/t5-/m1/s1. The second-order valence-electron chi connectivity index (χ2n) is 2.34. The fourth-order valence-electron chi connectivity index (χ4n) is 1.02. The van der Waals surface area contributed by atoms with E-state index in [9.17, 15) is 4.79 Å². The molecule has 52 valence electrons. The molecule has 1 amide bonds. The van der Waals surface area contributed by atoms with E-state index >= 15 is 0 Å². The zero-order chi connectivity index (χ0) is 6.97. The lowest BCUT2D eigenvalue weighted by Gasteiger charge is -2.24. The summed E-state index contributed by atoms with van der Waals surface area (Å²) < 4.78 is 5.07. The first kappa shape index (κ1) is 5.53. The van der Waals surface area contributed by atoms with Gasteiger partial charge in [0.25, 0.3) is 0 Å². The minimum atomic E-state index is 0.0985. The summed E-state index contributed by atoms with van der Waals surface area (Å²) in [6.45, 7) is 0. The molecule has 1 saturated heterocycles. The summed E-state index contributed by atoms with van der Waals surface area (Å²) in [5.41, 5.74) is 0. The van der Waals surface area contributed by atoms with Gasteiger partial charge in [0.15, 0.2) is 0 Å². The SMILES string of the molecule is O=C1C[C@H](c2ccco2)N1. The minimum absolute atomic E-state index is 0.0985. The maximum atomic E-state index is 10.5. The fourth-order valence-corrected chi connectivity index (χ4v) is 1.02. The monoisotopic (exact) mass is 137 g/mol. The van der Waals surface area contributed by atoms with E-state index in [1.54, 1.807) is 6.26 Å². The third-order valence-electron chi connectivity index (χ3n) is 1.61. The lowest BCUT2D eigenvalue weighted by Crippen LogP contribution is -2.41. The molecule has 2 heterocycles. The number of hydrogen-bond acceptors (Lipinski definition) is 2. The molecule has 0 saturated carbocycles. The smallest absolute Gasteiger partial charge is 0.223 e. The molecule has 3 heteroatoms. The highest BCUT2D eigenvalue weighted by Gasteiger charge is 2.28. The molecule has 1 aromatic heterocycles. The average Bonchev–Trinajstić information content (AvgIpc) is 2.31. The van der Waals surface area contributed by atoms with Crippen LogP contribution in [0.2, 0.25) is 0 Å². The Balaban J connectivity index is 2.10. The molecule has 1 atom stereocenters. The summed E-state index contributed by atoms with van der Waals surface area (Å²) in [4.78, 5) is 10.5. The number of rotatable bonds is 1. The Bertz CT molecular complexity index is 232. The van der Waals surface area contributed by atoms with Crippen molar-refractivity contribution in [2.45, 2.75) is 12.5 Å². The number of furan rings is 1.